The molecule has 3 heterocycles. The van der Waals surface area contributed by atoms with Crippen LogP contribution < -0.4 is 4.74 Å². The summed E-state index contributed by atoms with van der Waals surface area (Å²) in [5.74, 6) is 1.56. The zero-order chi connectivity index (χ0) is 40.7. The monoisotopic (exact) mass is 792 g/mol. The second-order valence-electron chi connectivity index (χ2n) is 16.8. The highest BCUT2D eigenvalue weighted by Crippen LogP contribution is 2.54. The minimum atomic E-state index is -2.22. The van der Waals surface area contributed by atoms with Gasteiger partial charge in [-0.25, -0.2) is 4.79 Å². The topological polar surface area (TPSA) is 196 Å². The first kappa shape index (κ1) is 43.1. The van der Waals surface area contributed by atoms with Crippen molar-refractivity contribution in [1.82, 2.24) is 0 Å². The van der Waals surface area contributed by atoms with Gasteiger partial charge in [0.2, 0.25) is 6.29 Å². The molecule has 12 atom stereocenters. The van der Waals surface area contributed by atoms with Crippen molar-refractivity contribution in [3.63, 3.8) is 0 Å². The molecule has 2 aromatic carbocycles. The number of benzene rings is 2. The van der Waals surface area contributed by atoms with Crippen LogP contribution in [0.1, 0.15) is 91.3 Å². The highest BCUT2D eigenvalue weighted by atomic mass is 16.7. The van der Waals surface area contributed by atoms with Gasteiger partial charge in [0, 0.05) is 26.7 Å². The van der Waals surface area contributed by atoms with E-state index < -0.39 is 59.9 Å². The molecule has 0 aromatic heterocycles. The van der Waals surface area contributed by atoms with Crippen LogP contribution in [0.4, 0.5) is 0 Å². The number of rotatable bonds is 15. The standard InChI is InChI=1S/C45H60O12/c1-3-7-30-16-18-35(24-32(30)8-5-20-54-2)56-43-45(53)27-36(37(47)9-6-21-55-38(10-4-19-46)40(57-43)39(48)41(45)49)33-15-17-34-23-29(25-44(34,52)26-33)22-28-11-13-31(14-12-28)42(50)51/h3,11-14,16,18,24,29,33-34,36-41,43,46-49,52-53H,1,4-5,7-10,15,17,19-20,22-23,25-27H2,2H3,(H,50,51)/t29-,33-,34+,36+,37-,38+,39+,40+,41-,43-,44-,45+/m0/s1. The van der Waals surface area contributed by atoms with Crippen LogP contribution in [0.25, 0.3) is 0 Å². The van der Waals surface area contributed by atoms with E-state index in [2.05, 4.69) is 18.6 Å². The van der Waals surface area contributed by atoms with Crippen molar-refractivity contribution < 1.29 is 59.5 Å². The van der Waals surface area contributed by atoms with Gasteiger partial charge in [-0.1, -0.05) is 30.2 Å². The van der Waals surface area contributed by atoms with Crippen LogP contribution >= 0.6 is 0 Å². The molecule has 3 fully saturated rings. The van der Waals surface area contributed by atoms with Crippen molar-refractivity contribution in [2.75, 3.05) is 20.3 Å². The molecule has 0 amide bonds. The lowest BCUT2D eigenvalue weighted by Gasteiger charge is -2.52. The molecule has 1 saturated heterocycles. The third-order valence-corrected chi connectivity index (χ3v) is 13.0. The lowest BCUT2D eigenvalue weighted by Crippen LogP contribution is -2.70. The summed E-state index contributed by atoms with van der Waals surface area (Å²) in [6.07, 6.45) is 2.59. The van der Waals surface area contributed by atoms with Crippen LogP contribution in [-0.4, -0.2) is 110 Å². The number of aryl methyl sites for hydroxylation is 1. The molecular formula is C45H60O12. The number of aliphatic hydroxyl groups is 6. The van der Waals surface area contributed by atoms with Crippen LogP contribution in [0.5, 0.6) is 5.75 Å². The number of carbonyl (C=O) groups is 1. The van der Waals surface area contributed by atoms with Gasteiger partial charge in [0.05, 0.1) is 17.3 Å². The number of ether oxygens (including phenoxy) is 4. The Labute approximate surface area is 335 Å². The van der Waals surface area contributed by atoms with Gasteiger partial charge in [0.1, 0.15) is 36.3 Å². The number of carboxylic acids is 1. The van der Waals surface area contributed by atoms with E-state index in [0.29, 0.717) is 63.7 Å². The van der Waals surface area contributed by atoms with Gasteiger partial charge in [0.25, 0.3) is 0 Å². The van der Waals surface area contributed by atoms with Crippen LogP contribution in [0.15, 0.2) is 55.1 Å². The zero-order valence-electron chi connectivity index (χ0n) is 32.9. The van der Waals surface area contributed by atoms with Gasteiger partial charge in [-0.3, -0.25) is 0 Å². The fraction of sp³-hybridized carbons (Fsp3) is 0.622. The number of carboxylic acid groups (broad SMARTS) is 1. The van der Waals surface area contributed by atoms with E-state index in [-0.39, 0.29) is 49.2 Å². The van der Waals surface area contributed by atoms with Crippen LogP contribution in [0, 0.1) is 35.7 Å². The van der Waals surface area contributed by atoms with E-state index in [4.69, 9.17) is 18.9 Å². The molecule has 7 N–H and O–H groups in total. The van der Waals surface area contributed by atoms with Gasteiger partial charge >= 0.3 is 5.97 Å². The predicted molar refractivity (Wildman–Crippen MR) is 210 cm³/mol. The van der Waals surface area contributed by atoms with Gasteiger partial charge in [0.15, 0.2) is 5.60 Å². The largest absolute Gasteiger partial charge is 0.478 e. The SMILES string of the molecule is C=CCc1ccc(O[C@H]2O[C@H]3[C@@H](O)[C@H](O)[C@]2(O)C[C@H]([C@H]2CC[C@@H]4C[C@H](Cc5ccc(C(=O)O)cc5)C[C@]4(O)C2)[C@@H](O)CC#CO[C@@H]3CCCO)cc1CCCOC. The molecule has 312 valence electrons. The fourth-order valence-electron chi connectivity index (χ4n) is 10.0. The molecule has 7 rings (SSSR count). The third kappa shape index (κ3) is 9.86. The van der Waals surface area contributed by atoms with Gasteiger partial charge in [-0.2, -0.15) is 0 Å². The van der Waals surface area contributed by atoms with Crippen molar-refractivity contribution in [1.29, 1.82) is 0 Å². The Kier molecular flexibility index (Phi) is 14.4. The van der Waals surface area contributed by atoms with E-state index in [0.717, 1.165) is 29.5 Å². The minimum absolute atomic E-state index is 0.00604. The van der Waals surface area contributed by atoms with Crippen LogP contribution in [0.3, 0.4) is 0 Å². The summed E-state index contributed by atoms with van der Waals surface area (Å²) in [6.45, 7) is 4.31. The number of hydrogen-bond acceptors (Lipinski definition) is 11. The summed E-state index contributed by atoms with van der Waals surface area (Å²) in [5, 5.41) is 79.3. The first-order valence-corrected chi connectivity index (χ1v) is 20.5. The van der Waals surface area contributed by atoms with E-state index in [1.165, 1.54) is 0 Å². The Morgan fingerprint density at radius 3 is 2.54 bits per heavy atom. The molecule has 2 saturated carbocycles. The number of aromatic carboxylic acids is 1. The number of methoxy groups -OCH3 is 1. The molecule has 0 unspecified atom stereocenters. The highest BCUT2D eigenvalue weighted by Gasteiger charge is 2.60. The molecule has 2 aliphatic carbocycles. The number of fused-ring (bicyclic) bond motifs is 9. The van der Waals surface area contributed by atoms with Crippen molar-refractivity contribution in [2.45, 2.75) is 131 Å². The van der Waals surface area contributed by atoms with Gasteiger partial charge < -0.3 is 54.7 Å². The smallest absolute Gasteiger partial charge is 0.335 e. The average molecular weight is 793 g/mol. The molecule has 12 heteroatoms. The summed E-state index contributed by atoms with van der Waals surface area (Å²) in [7, 11) is 1.65. The van der Waals surface area contributed by atoms with Crippen molar-refractivity contribution >= 4 is 5.97 Å². The van der Waals surface area contributed by atoms with Crippen LogP contribution in [-0.2, 0) is 33.5 Å². The molecule has 0 radical (unpaired) electrons. The minimum Gasteiger partial charge on any atom is -0.478 e. The third-order valence-electron chi connectivity index (χ3n) is 13.0. The predicted octanol–water partition coefficient (Wildman–Crippen LogP) is 3.94. The summed E-state index contributed by atoms with van der Waals surface area (Å²) < 4.78 is 24.1. The highest BCUT2D eigenvalue weighted by molar-refractivity contribution is 5.87. The van der Waals surface area contributed by atoms with Crippen molar-refractivity contribution in [3.8, 4) is 17.8 Å². The Bertz CT molecular complexity index is 1720. The lowest BCUT2D eigenvalue weighted by atomic mass is 9.64. The normalized spacial score (nSPS) is 35.1. The lowest BCUT2D eigenvalue weighted by molar-refractivity contribution is -0.334. The van der Waals surface area contributed by atoms with E-state index in [1.807, 2.05) is 30.3 Å². The second-order valence-corrected chi connectivity index (χ2v) is 16.8. The second kappa shape index (κ2) is 19.0. The summed E-state index contributed by atoms with van der Waals surface area (Å²) in [4.78, 5) is 11.4. The first-order valence-electron chi connectivity index (χ1n) is 20.5. The average Bonchev–Trinajstić information content (AvgIpc) is 3.52. The van der Waals surface area contributed by atoms with Gasteiger partial charge in [-0.15, -0.1) is 6.58 Å². The molecule has 5 aliphatic rings. The number of aliphatic hydroxyl groups excluding tert-OH is 4. The van der Waals surface area contributed by atoms with Gasteiger partial charge in [-0.05, 0) is 142 Å². The Hall–Kier alpha value is -3.51. The number of hydrogen-bond donors (Lipinski definition) is 7. The summed E-state index contributed by atoms with van der Waals surface area (Å²) in [6, 6.07) is 12.4. The maximum atomic E-state index is 12.7. The van der Waals surface area contributed by atoms with E-state index >= 15 is 0 Å². The molecule has 3 aliphatic heterocycles. The summed E-state index contributed by atoms with van der Waals surface area (Å²) >= 11 is 0. The maximum Gasteiger partial charge on any atom is 0.335 e. The van der Waals surface area contributed by atoms with Crippen molar-refractivity contribution in [2.24, 2.45) is 23.7 Å². The Morgan fingerprint density at radius 2 is 1.82 bits per heavy atom. The Morgan fingerprint density at radius 1 is 1.04 bits per heavy atom. The molecule has 2 aromatic rings. The molecule has 12 nitrogen and oxygen atoms in total. The maximum absolute atomic E-state index is 12.7. The fourth-order valence-corrected chi connectivity index (χ4v) is 10.0. The molecule has 0 spiro atoms. The summed E-state index contributed by atoms with van der Waals surface area (Å²) in [5.41, 5.74) is 0.0486. The van der Waals surface area contributed by atoms with E-state index in [9.17, 15) is 40.5 Å². The Balaban J connectivity index is 1.29. The first-order chi connectivity index (χ1) is 27.4. The zero-order valence-corrected chi connectivity index (χ0v) is 32.9. The van der Waals surface area contributed by atoms with Crippen molar-refractivity contribution in [3.05, 3.63) is 77.4 Å². The number of allylic oxidation sites excluding steroid dienone is 1. The molecule has 2 bridgehead atoms. The van der Waals surface area contributed by atoms with E-state index in [1.54, 1.807) is 25.3 Å². The molecule has 57 heavy (non-hydrogen) atoms. The van der Waals surface area contributed by atoms with Crippen LogP contribution in [0.2, 0.25) is 0 Å². The molecular weight excluding hydrogens is 732 g/mol. The quantitative estimate of drug-likeness (QED) is 0.0782.